The molecule has 0 aliphatic carbocycles. The molecule has 104 valence electrons. The minimum atomic E-state index is -1.57. The fourth-order valence-corrected chi connectivity index (χ4v) is 7.81. The zero-order valence-corrected chi connectivity index (χ0v) is 15.0. The number of hydrogen-bond acceptors (Lipinski definition) is 0. The highest BCUT2D eigenvalue weighted by atomic mass is 127. The third kappa shape index (κ3) is 2.77. The predicted molar refractivity (Wildman–Crippen MR) is 104 cm³/mol. The van der Waals surface area contributed by atoms with Crippen LogP contribution < -0.4 is 15.9 Å². The van der Waals surface area contributed by atoms with Crippen molar-refractivity contribution in [2.24, 2.45) is 0 Å². The van der Waals surface area contributed by atoms with Crippen molar-refractivity contribution in [3.05, 3.63) is 88.5 Å². The van der Waals surface area contributed by atoms with E-state index in [1.54, 1.807) is 0 Å². The van der Waals surface area contributed by atoms with Crippen LogP contribution in [0, 0.1) is 3.57 Å². The molecule has 0 heterocycles. The molecule has 0 aromatic heterocycles. The molecule has 0 radical (unpaired) electrons. The Morgan fingerprint density at radius 1 is 0.619 bits per heavy atom. The van der Waals surface area contributed by atoms with Crippen molar-refractivity contribution in [2.75, 3.05) is 6.66 Å². The largest absolute Gasteiger partial charge is 0.117 e. The van der Waals surface area contributed by atoms with Gasteiger partial charge in [-0.25, -0.2) is 0 Å². The van der Waals surface area contributed by atoms with E-state index >= 15 is 0 Å². The minimum Gasteiger partial charge on any atom is -0.0620 e. The van der Waals surface area contributed by atoms with Crippen LogP contribution in [-0.4, -0.2) is 6.66 Å². The lowest BCUT2D eigenvalue weighted by Crippen LogP contribution is -2.31. The molecule has 3 aromatic rings. The molecule has 0 unspecified atom stereocenters. The van der Waals surface area contributed by atoms with Gasteiger partial charge in [-0.15, -0.1) is 0 Å². The summed E-state index contributed by atoms with van der Waals surface area (Å²) in [6.07, 6.45) is 0. The number of rotatable bonds is 3. The van der Waals surface area contributed by atoms with Gasteiger partial charge in [0.25, 0.3) is 0 Å². The lowest BCUT2D eigenvalue weighted by atomic mass is 10.4. The summed E-state index contributed by atoms with van der Waals surface area (Å²) in [7, 11) is -1.57. The summed E-state index contributed by atoms with van der Waals surface area (Å²) in [4.78, 5) is 0. The zero-order valence-electron chi connectivity index (χ0n) is 11.9. The van der Waals surface area contributed by atoms with Gasteiger partial charge in [0.2, 0.25) is 0 Å². The molecule has 0 saturated heterocycles. The Morgan fingerprint density at radius 3 is 1.52 bits per heavy atom. The number of hydrogen-bond donors (Lipinski definition) is 0. The van der Waals surface area contributed by atoms with E-state index in [-0.39, 0.29) is 0 Å². The number of benzene rings is 3. The van der Waals surface area contributed by atoms with E-state index in [9.17, 15) is 0 Å². The molecule has 0 nitrogen and oxygen atoms in total. The van der Waals surface area contributed by atoms with Crippen LogP contribution in [0.5, 0.6) is 0 Å². The zero-order chi connectivity index (χ0) is 14.7. The molecule has 0 aliphatic rings. The van der Waals surface area contributed by atoms with Gasteiger partial charge in [0.1, 0.15) is 23.2 Å². The molecule has 3 rings (SSSR count). The Hall–Kier alpha value is -1.18. The summed E-state index contributed by atoms with van der Waals surface area (Å²) in [6.45, 7) is 2.43. The van der Waals surface area contributed by atoms with Gasteiger partial charge in [0.05, 0.1) is 10.2 Å². The highest BCUT2D eigenvalue weighted by Crippen LogP contribution is 2.52. The second-order valence-corrected chi connectivity index (χ2v) is 9.82. The molecule has 2 heteroatoms. The van der Waals surface area contributed by atoms with Gasteiger partial charge in [0, 0.05) is 0 Å². The molecule has 0 bridgehead atoms. The maximum atomic E-state index is 2.47. The summed E-state index contributed by atoms with van der Waals surface area (Å²) in [6, 6.07) is 30.6. The third-order valence-corrected chi connectivity index (χ3v) is 9.26. The Morgan fingerprint density at radius 2 is 1.05 bits per heavy atom. The van der Waals surface area contributed by atoms with Gasteiger partial charge in [-0.3, -0.25) is 0 Å². The van der Waals surface area contributed by atoms with E-state index < -0.39 is 7.26 Å². The van der Waals surface area contributed by atoms with E-state index in [0.29, 0.717) is 0 Å². The second kappa shape index (κ2) is 6.29. The summed E-state index contributed by atoms with van der Waals surface area (Å²) in [5.74, 6) is 0. The lowest BCUT2D eigenvalue weighted by molar-refractivity contribution is 1.68. The van der Waals surface area contributed by atoms with Crippen molar-refractivity contribution in [1.82, 2.24) is 0 Å². The topological polar surface area (TPSA) is 0 Å². The van der Waals surface area contributed by atoms with Crippen molar-refractivity contribution in [1.29, 1.82) is 0 Å². The minimum absolute atomic E-state index is 1.35. The molecule has 0 aliphatic heterocycles. The van der Waals surface area contributed by atoms with Crippen LogP contribution in [-0.2, 0) is 0 Å². The van der Waals surface area contributed by atoms with Crippen LogP contribution in [0.2, 0.25) is 0 Å². The molecular formula is C19H17IP+. The quantitative estimate of drug-likeness (QED) is 0.454. The van der Waals surface area contributed by atoms with Crippen LogP contribution >= 0.6 is 29.9 Å². The van der Waals surface area contributed by atoms with E-state index in [2.05, 4.69) is 114 Å². The Kier molecular flexibility index (Phi) is 4.42. The summed E-state index contributed by atoms with van der Waals surface area (Å²) in [5.41, 5.74) is 0. The van der Waals surface area contributed by atoms with Crippen molar-refractivity contribution in [3.63, 3.8) is 0 Å². The van der Waals surface area contributed by atoms with Crippen LogP contribution in [0.15, 0.2) is 84.9 Å². The summed E-state index contributed by atoms with van der Waals surface area (Å²) < 4.78 is 1.35. The Bertz CT molecular complexity index is 683. The maximum Gasteiger partial charge on any atom is 0.117 e. The van der Waals surface area contributed by atoms with Crippen LogP contribution in [0.1, 0.15) is 0 Å². The van der Waals surface area contributed by atoms with Crippen molar-refractivity contribution >= 4 is 45.8 Å². The molecule has 0 amide bonds. The van der Waals surface area contributed by atoms with E-state index in [1.165, 1.54) is 19.5 Å². The fourth-order valence-electron chi connectivity index (χ4n) is 2.69. The molecule has 0 atom stereocenters. The van der Waals surface area contributed by atoms with Crippen molar-refractivity contribution in [2.45, 2.75) is 0 Å². The molecule has 0 saturated carbocycles. The Labute approximate surface area is 140 Å². The normalized spacial score (nSPS) is 11.3. The lowest BCUT2D eigenvalue weighted by Gasteiger charge is -2.24. The molecule has 3 aromatic carbocycles. The predicted octanol–water partition coefficient (Wildman–Crippen LogP) is 4.21. The van der Waals surface area contributed by atoms with Crippen LogP contribution in [0.4, 0.5) is 0 Å². The number of halogens is 1. The van der Waals surface area contributed by atoms with E-state index in [0.717, 1.165) is 0 Å². The SMILES string of the molecule is C[P+](c1ccccc1)(c1ccccc1)c1ccccc1I. The average Bonchev–Trinajstić information content (AvgIpc) is 2.56. The highest BCUT2D eigenvalue weighted by molar-refractivity contribution is 14.1. The van der Waals surface area contributed by atoms with Gasteiger partial charge in [0.15, 0.2) is 0 Å². The second-order valence-electron chi connectivity index (χ2n) is 5.13. The fraction of sp³-hybridized carbons (Fsp3) is 0.0526. The first-order valence-electron chi connectivity index (χ1n) is 6.96. The molecule has 21 heavy (non-hydrogen) atoms. The van der Waals surface area contributed by atoms with Gasteiger partial charge >= 0.3 is 0 Å². The first kappa shape index (κ1) is 14.7. The first-order chi connectivity index (χ1) is 10.2. The Balaban J connectivity index is 2.29. The van der Waals surface area contributed by atoms with Crippen molar-refractivity contribution < 1.29 is 0 Å². The monoisotopic (exact) mass is 403 g/mol. The van der Waals surface area contributed by atoms with Gasteiger partial charge in [-0.05, 0) is 59.0 Å². The van der Waals surface area contributed by atoms with Gasteiger partial charge in [-0.1, -0.05) is 48.5 Å². The first-order valence-corrected chi connectivity index (χ1v) is 10.3. The van der Waals surface area contributed by atoms with Crippen LogP contribution in [0.3, 0.4) is 0 Å². The van der Waals surface area contributed by atoms with E-state index in [1.807, 2.05) is 0 Å². The summed E-state index contributed by atoms with van der Waals surface area (Å²) >= 11 is 2.47. The van der Waals surface area contributed by atoms with Crippen molar-refractivity contribution in [3.8, 4) is 0 Å². The summed E-state index contributed by atoms with van der Waals surface area (Å²) in [5, 5.41) is 4.32. The standard InChI is InChI=1S/C19H17IP/c1-21(16-10-4-2-5-11-16,17-12-6-3-7-13-17)19-15-9-8-14-18(19)20/h2-15H,1H3/q+1. The molecular weight excluding hydrogens is 386 g/mol. The van der Waals surface area contributed by atoms with Crippen LogP contribution in [0.25, 0.3) is 0 Å². The molecule has 0 N–H and O–H groups in total. The highest BCUT2D eigenvalue weighted by Gasteiger charge is 2.41. The smallest absolute Gasteiger partial charge is 0.0620 e. The van der Waals surface area contributed by atoms with E-state index in [4.69, 9.17) is 0 Å². The average molecular weight is 403 g/mol. The van der Waals surface area contributed by atoms with Gasteiger partial charge in [-0.2, -0.15) is 0 Å². The molecule has 0 spiro atoms. The molecule has 0 fully saturated rings. The maximum absolute atomic E-state index is 2.47. The third-order valence-electron chi connectivity index (χ3n) is 3.88. The van der Waals surface area contributed by atoms with Gasteiger partial charge < -0.3 is 0 Å².